The van der Waals surface area contributed by atoms with Gasteiger partial charge >= 0.3 is 29.8 Å². The highest BCUT2D eigenvalue weighted by atomic mass is 16.8. The molecule has 3 fully saturated rings. The second-order valence-corrected chi connectivity index (χ2v) is 8.93. The van der Waals surface area contributed by atoms with Crippen LogP contribution in [0.15, 0.2) is 0 Å². The van der Waals surface area contributed by atoms with Crippen LogP contribution in [0, 0.1) is 0 Å². The molecule has 0 radical (unpaired) electrons. The van der Waals surface area contributed by atoms with Crippen LogP contribution in [0.4, 0.5) is 0 Å². The molecule has 0 aliphatic carbocycles. The van der Waals surface area contributed by atoms with Gasteiger partial charge in [-0.25, -0.2) is 0 Å². The van der Waals surface area contributed by atoms with Crippen molar-refractivity contribution in [2.75, 3.05) is 20.0 Å². The third-order valence-electron chi connectivity index (χ3n) is 5.78. The lowest BCUT2D eigenvalue weighted by Gasteiger charge is -2.47. The number of hydrogen-bond acceptors (Lipinski definition) is 16. The molecular formula is C23H32O16. The number of fused-ring (bicyclic) bond motifs is 2. The van der Waals surface area contributed by atoms with Crippen molar-refractivity contribution in [2.45, 2.75) is 96.0 Å². The summed E-state index contributed by atoms with van der Waals surface area (Å²) >= 11 is 0. The number of ether oxygens (including phenoxy) is 10. The molecule has 10 atom stereocenters. The summed E-state index contributed by atoms with van der Waals surface area (Å²) in [7, 11) is 0. The molecule has 0 aromatic carbocycles. The molecular weight excluding hydrogens is 532 g/mol. The molecule has 220 valence electrons. The van der Waals surface area contributed by atoms with Crippen molar-refractivity contribution in [3.63, 3.8) is 0 Å². The van der Waals surface area contributed by atoms with E-state index in [1.807, 2.05) is 0 Å². The van der Waals surface area contributed by atoms with E-state index >= 15 is 0 Å². The lowest BCUT2D eigenvalue weighted by Crippen LogP contribution is -2.66. The zero-order valence-electron chi connectivity index (χ0n) is 22.0. The van der Waals surface area contributed by atoms with E-state index in [1.165, 1.54) is 0 Å². The fourth-order valence-electron chi connectivity index (χ4n) is 4.44. The van der Waals surface area contributed by atoms with Crippen LogP contribution in [-0.4, -0.2) is 116 Å². The van der Waals surface area contributed by atoms with Gasteiger partial charge in [0.15, 0.2) is 43.1 Å². The van der Waals surface area contributed by atoms with Crippen molar-refractivity contribution in [1.82, 2.24) is 0 Å². The summed E-state index contributed by atoms with van der Waals surface area (Å²) in [6.07, 6.45) is -13.6. The normalized spacial score (nSPS) is 36.4. The van der Waals surface area contributed by atoms with E-state index in [1.54, 1.807) is 0 Å². The van der Waals surface area contributed by atoms with E-state index in [2.05, 4.69) is 0 Å². The van der Waals surface area contributed by atoms with Gasteiger partial charge in [0.05, 0.1) is 6.61 Å². The van der Waals surface area contributed by atoms with Crippen LogP contribution >= 0.6 is 0 Å². The number of rotatable bonds is 6. The average molecular weight is 564 g/mol. The Balaban J connectivity index is 2.02. The molecule has 3 saturated heterocycles. The van der Waals surface area contributed by atoms with E-state index < -0.39 is 105 Å². The third-order valence-corrected chi connectivity index (χ3v) is 5.78. The van der Waals surface area contributed by atoms with Crippen LogP contribution in [0.2, 0.25) is 0 Å². The van der Waals surface area contributed by atoms with Crippen LogP contribution in [0.25, 0.3) is 0 Å². The first-order valence-electron chi connectivity index (χ1n) is 12.0. The molecule has 16 heteroatoms. The maximum Gasteiger partial charge on any atom is 0.303 e. The zero-order valence-corrected chi connectivity index (χ0v) is 22.0. The minimum Gasteiger partial charge on any atom is -0.463 e. The predicted molar refractivity (Wildman–Crippen MR) is 119 cm³/mol. The fourth-order valence-corrected chi connectivity index (χ4v) is 4.44. The van der Waals surface area contributed by atoms with Crippen molar-refractivity contribution < 1.29 is 76.4 Å². The maximum atomic E-state index is 12.0. The lowest BCUT2D eigenvalue weighted by molar-refractivity contribution is -0.354. The van der Waals surface area contributed by atoms with E-state index in [9.17, 15) is 29.1 Å². The average Bonchev–Trinajstić information content (AvgIpc) is 2.89. The molecule has 1 N–H and O–H groups in total. The highest BCUT2D eigenvalue weighted by Gasteiger charge is 2.57. The molecule has 3 rings (SSSR count). The molecule has 0 spiro atoms. The molecule has 3 aliphatic rings. The van der Waals surface area contributed by atoms with E-state index in [4.69, 9.17) is 47.4 Å². The Morgan fingerprint density at radius 2 is 1.23 bits per heavy atom. The number of carbonyl (C=O) groups excluding carboxylic acids is 5. The number of esters is 5. The summed E-state index contributed by atoms with van der Waals surface area (Å²) in [4.78, 5) is 59.1. The summed E-state index contributed by atoms with van der Waals surface area (Å²) < 4.78 is 55.4. The predicted octanol–water partition coefficient (Wildman–Crippen LogP) is -1.52. The van der Waals surface area contributed by atoms with Crippen molar-refractivity contribution in [3.8, 4) is 0 Å². The molecule has 0 aromatic heterocycles. The SMILES string of the molecule is CC(=O)OC[C@H]1O[C@@H]2O[C@@H]3[C@H](OC(C)=O)[C@@H](OC(C)=O)[C@@H](O)O[C@@H]3COCO[C@@H]2[C@@H](OC(C)=O)[C@H]1OC(C)=O. The smallest absolute Gasteiger partial charge is 0.303 e. The molecule has 16 nitrogen and oxygen atoms in total. The van der Waals surface area contributed by atoms with Gasteiger partial charge in [-0.05, 0) is 0 Å². The second-order valence-electron chi connectivity index (χ2n) is 8.93. The molecule has 0 bridgehead atoms. The Kier molecular flexibility index (Phi) is 10.6. The third kappa shape index (κ3) is 8.06. The fraction of sp³-hybridized carbons (Fsp3) is 0.783. The summed E-state index contributed by atoms with van der Waals surface area (Å²) in [5, 5.41) is 10.5. The first kappa shape index (κ1) is 30.6. The first-order chi connectivity index (χ1) is 18.4. The highest BCUT2D eigenvalue weighted by molar-refractivity contribution is 5.68. The van der Waals surface area contributed by atoms with Gasteiger partial charge in [0.2, 0.25) is 0 Å². The van der Waals surface area contributed by atoms with Crippen LogP contribution < -0.4 is 0 Å². The van der Waals surface area contributed by atoms with Gasteiger partial charge in [0.1, 0.15) is 31.7 Å². The van der Waals surface area contributed by atoms with Gasteiger partial charge in [-0.15, -0.1) is 0 Å². The lowest BCUT2D eigenvalue weighted by atomic mass is 9.96. The van der Waals surface area contributed by atoms with Gasteiger partial charge in [0, 0.05) is 34.6 Å². The zero-order chi connectivity index (χ0) is 28.9. The van der Waals surface area contributed by atoms with Crippen LogP contribution in [0.3, 0.4) is 0 Å². The molecule has 0 amide bonds. The highest BCUT2D eigenvalue weighted by Crippen LogP contribution is 2.35. The Labute approximate surface area is 222 Å². The van der Waals surface area contributed by atoms with Crippen LogP contribution in [0.5, 0.6) is 0 Å². The minimum atomic E-state index is -1.71. The Morgan fingerprint density at radius 1 is 0.692 bits per heavy atom. The van der Waals surface area contributed by atoms with Gasteiger partial charge in [0.25, 0.3) is 0 Å². The molecule has 3 aliphatic heterocycles. The van der Waals surface area contributed by atoms with E-state index in [0.29, 0.717) is 0 Å². The van der Waals surface area contributed by atoms with E-state index in [0.717, 1.165) is 34.6 Å². The van der Waals surface area contributed by atoms with Crippen LogP contribution in [0.1, 0.15) is 34.6 Å². The summed E-state index contributed by atoms with van der Waals surface area (Å²) in [5.41, 5.74) is 0. The monoisotopic (exact) mass is 564 g/mol. The summed E-state index contributed by atoms with van der Waals surface area (Å²) in [6.45, 7) is 4.50. The Morgan fingerprint density at radius 3 is 1.79 bits per heavy atom. The van der Waals surface area contributed by atoms with Gasteiger partial charge in [-0.1, -0.05) is 0 Å². The quantitative estimate of drug-likeness (QED) is 0.288. The van der Waals surface area contributed by atoms with Crippen molar-refractivity contribution in [2.24, 2.45) is 0 Å². The van der Waals surface area contributed by atoms with Crippen molar-refractivity contribution >= 4 is 29.8 Å². The maximum absolute atomic E-state index is 12.0. The Bertz CT molecular complexity index is 922. The van der Waals surface area contributed by atoms with Crippen LogP contribution in [-0.2, 0) is 71.3 Å². The molecule has 3 heterocycles. The largest absolute Gasteiger partial charge is 0.463 e. The molecule has 0 saturated carbocycles. The first-order valence-corrected chi connectivity index (χ1v) is 12.0. The van der Waals surface area contributed by atoms with Gasteiger partial charge < -0.3 is 52.5 Å². The van der Waals surface area contributed by atoms with Gasteiger partial charge in [-0.2, -0.15) is 0 Å². The minimum absolute atomic E-state index is 0.242. The number of carbonyl (C=O) groups is 5. The topological polar surface area (TPSA) is 198 Å². The standard InChI is InChI=1S/C23H32O16/c1-9(24)31-7-15-16(33-10(2)25)19(35-12(4)27)21-23(38-15)39-17-14(6-30-8-32-21)37-22(29)20(36-13(5)28)18(17)34-11(3)26/h14-23,29H,6-8H2,1-5H3/t14-,15-,16+,17+,18+,19+,20-,21-,22+,23-/m1/s1. The summed E-state index contributed by atoms with van der Waals surface area (Å²) in [6, 6.07) is 0. The van der Waals surface area contributed by atoms with Gasteiger partial charge in [-0.3, -0.25) is 24.0 Å². The molecule has 0 unspecified atom stereocenters. The number of aliphatic hydroxyl groups excluding tert-OH is 1. The van der Waals surface area contributed by atoms with Crippen molar-refractivity contribution in [3.05, 3.63) is 0 Å². The number of hydrogen-bond donors (Lipinski definition) is 1. The number of aliphatic hydroxyl groups is 1. The summed E-state index contributed by atoms with van der Waals surface area (Å²) in [5.74, 6) is -3.76. The molecule has 0 aromatic rings. The Hall–Kier alpha value is -2.89. The molecule has 39 heavy (non-hydrogen) atoms. The van der Waals surface area contributed by atoms with E-state index in [-0.39, 0.29) is 6.61 Å². The second kappa shape index (κ2) is 13.5. The van der Waals surface area contributed by atoms with Crippen molar-refractivity contribution in [1.29, 1.82) is 0 Å².